The Hall–Kier alpha value is -1.64. The molecule has 0 fully saturated rings. The first-order valence-corrected chi connectivity index (χ1v) is 8.28. The highest BCUT2D eigenvalue weighted by Crippen LogP contribution is 2.31. The lowest BCUT2D eigenvalue weighted by molar-refractivity contribution is 0.108. The first kappa shape index (κ1) is 15.3. The summed E-state index contributed by atoms with van der Waals surface area (Å²) in [6.07, 6.45) is 2.18. The van der Waals surface area contributed by atoms with Gasteiger partial charge in [0.15, 0.2) is 0 Å². The minimum absolute atomic E-state index is 0.331. The summed E-state index contributed by atoms with van der Waals surface area (Å²) in [5.41, 5.74) is 10.6. The Balaban J connectivity index is 1.86. The second kappa shape index (κ2) is 6.23. The average molecular weight is 294 g/mol. The van der Waals surface area contributed by atoms with Crippen molar-refractivity contribution in [3.8, 4) is 0 Å². The van der Waals surface area contributed by atoms with E-state index in [1.165, 1.54) is 16.7 Å². The summed E-state index contributed by atoms with van der Waals surface area (Å²) in [5.74, 6) is 0. The molecule has 0 bridgehead atoms. The van der Waals surface area contributed by atoms with Crippen LogP contribution in [-0.4, -0.2) is 17.5 Å². The Morgan fingerprint density at radius 2 is 1.68 bits per heavy atom. The van der Waals surface area contributed by atoms with Gasteiger partial charge in [-0.25, -0.2) is 0 Å². The number of benzene rings is 2. The molecule has 2 unspecified atom stereocenters. The third kappa shape index (κ3) is 2.81. The number of rotatable bonds is 4. The molecular weight excluding hydrogens is 268 g/mol. The maximum atomic E-state index is 6.80. The van der Waals surface area contributed by atoms with Gasteiger partial charge in [-0.15, -0.1) is 0 Å². The predicted octanol–water partition coefficient (Wildman–Crippen LogP) is 3.70. The minimum Gasteiger partial charge on any atom is -0.320 e. The van der Waals surface area contributed by atoms with Gasteiger partial charge in [0.1, 0.15) is 0 Å². The van der Waals surface area contributed by atoms with Crippen LogP contribution < -0.4 is 5.73 Å². The van der Waals surface area contributed by atoms with Gasteiger partial charge in [0.2, 0.25) is 0 Å². The molecular formula is C20H26N2. The summed E-state index contributed by atoms with van der Waals surface area (Å²) >= 11 is 0. The van der Waals surface area contributed by atoms with E-state index in [1.807, 2.05) is 0 Å². The fourth-order valence-corrected chi connectivity index (χ4v) is 3.83. The third-order valence-electron chi connectivity index (χ3n) is 5.08. The van der Waals surface area contributed by atoms with Crippen LogP contribution in [0.3, 0.4) is 0 Å². The second-order valence-corrected chi connectivity index (χ2v) is 6.56. The Morgan fingerprint density at radius 1 is 1.05 bits per heavy atom. The molecule has 0 radical (unpaired) electrons. The van der Waals surface area contributed by atoms with Crippen LogP contribution in [-0.2, 0) is 18.5 Å². The van der Waals surface area contributed by atoms with E-state index in [4.69, 9.17) is 5.73 Å². The van der Waals surface area contributed by atoms with Crippen LogP contribution in [0.25, 0.3) is 0 Å². The zero-order chi connectivity index (χ0) is 15.6. The van der Waals surface area contributed by atoms with Crippen molar-refractivity contribution in [2.75, 3.05) is 6.54 Å². The highest BCUT2D eigenvalue weighted by Gasteiger charge is 2.36. The molecule has 2 heteroatoms. The number of nitrogens with two attached hydrogens (primary N) is 1. The van der Waals surface area contributed by atoms with Crippen molar-refractivity contribution >= 4 is 0 Å². The van der Waals surface area contributed by atoms with E-state index in [0.29, 0.717) is 6.04 Å². The molecule has 2 atom stereocenters. The summed E-state index contributed by atoms with van der Waals surface area (Å²) in [5, 5.41) is 0. The fraction of sp³-hybridized carbons (Fsp3) is 0.400. The van der Waals surface area contributed by atoms with Crippen molar-refractivity contribution < 1.29 is 0 Å². The molecule has 0 spiro atoms. The van der Waals surface area contributed by atoms with Crippen molar-refractivity contribution in [1.29, 1.82) is 0 Å². The normalized spacial score (nSPS) is 19.2. The second-order valence-electron chi connectivity index (χ2n) is 6.56. The molecule has 22 heavy (non-hydrogen) atoms. The van der Waals surface area contributed by atoms with Crippen molar-refractivity contribution in [3.63, 3.8) is 0 Å². The van der Waals surface area contributed by atoms with E-state index in [1.54, 1.807) is 0 Å². The Kier molecular flexibility index (Phi) is 4.32. The van der Waals surface area contributed by atoms with E-state index < -0.39 is 0 Å². The van der Waals surface area contributed by atoms with Crippen LogP contribution in [0.15, 0.2) is 54.6 Å². The third-order valence-corrected chi connectivity index (χ3v) is 5.08. The standard InChI is InChI=1S/C20H26N2/c1-3-19(20(2,21)18-11-5-4-6-12-18)22-14-13-16-9-7-8-10-17(16)15-22/h4-12,19H,3,13-15,21H2,1-2H3. The lowest BCUT2D eigenvalue weighted by atomic mass is 9.82. The summed E-state index contributed by atoms with van der Waals surface area (Å²) in [6, 6.07) is 19.7. The van der Waals surface area contributed by atoms with Gasteiger partial charge in [-0.1, -0.05) is 61.5 Å². The van der Waals surface area contributed by atoms with Crippen LogP contribution in [0.1, 0.15) is 37.0 Å². The van der Waals surface area contributed by atoms with Gasteiger partial charge in [0.25, 0.3) is 0 Å². The SMILES string of the molecule is CCC(N1CCc2ccccc2C1)C(C)(N)c1ccccc1. The number of hydrogen-bond donors (Lipinski definition) is 1. The van der Waals surface area contributed by atoms with Gasteiger partial charge < -0.3 is 5.73 Å². The van der Waals surface area contributed by atoms with Crippen LogP contribution in [0, 0.1) is 0 Å². The maximum Gasteiger partial charge on any atom is 0.0538 e. The highest BCUT2D eigenvalue weighted by molar-refractivity contribution is 5.30. The molecule has 0 aliphatic carbocycles. The fourth-order valence-electron chi connectivity index (χ4n) is 3.83. The molecule has 116 valence electrons. The zero-order valence-electron chi connectivity index (χ0n) is 13.6. The molecule has 1 aliphatic heterocycles. The molecule has 0 aromatic heterocycles. The Labute approximate surface area is 134 Å². The summed E-state index contributed by atoms with van der Waals surface area (Å²) < 4.78 is 0. The highest BCUT2D eigenvalue weighted by atomic mass is 15.2. The molecule has 0 saturated carbocycles. The maximum absolute atomic E-state index is 6.80. The average Bonchev–Trinajstić information content (AvgIpc) is 2.56. The number of fused-ring (bicyclic) bond motifs is 1. The number of nitrogens with zero attached hydrogens (tertiary/aromatic N) is 1. The lowest BCUT2D eigenvalue weighted by Gasteiger charge is -2.44. The predicted molar refractivity (Wildman–Crippen MR) is 92.6 cm³/mol. The number of hydrogen-bond acceptors (Lipinski definition) is 2. The Bertz CT molecular complexity index is 619. The monoisotopic (exact) mass is 294 g/mol. The topological polar surface area (TPSA) is 29.3 Å². The van der Waals surface area contributed by atoms with E-state index in [-0.39, 0.29) is 5.54 Å². The lowest BCUT2D eigenvalue weighted by Crippen LogP contribution is -2.55. The van der Waals surface area contributed by atoms with Gasteiger partial charge >= 0.3 is 0 Å². The summed E-state index contributed by atoms with van der Waals surface area (Å²) in [6.45, 7) is 6.53. The molecule has 2 N–H and O–H groups in total. The van der Waals surface area contributed by atoms with Crippen molar-refractivity contribution in [3.05, 3.63) is 71.3 Å². The van der Waals surface area contributed by atoms with Crippen LogP contribution in [0.2, 0.25) is 0 Å². The van der Waals surface area contributed by atoms with Gasteiger partial charge in [0.05, 0.1) is 5.54 Å². The Morgan fingerprint density at radius 3 is 2.36 bits per heavy atom. The van der Waals surface area contributed by atoms with E-state index in [0.717, 1.165) is 25.9 Å². The van der Waals surface area contributed by atoms with Crippen molar-refractivity contribution in [2.24, 2.45) is 5.73 Å². The van der Waals surface area contributed by atoms with Crippen molar-refractivity contribution in [1.82, 2.24) is 4.90 Å². The molecule has 2 aromatic rings. The molecule has 0 amide bonds. The molecule has 3 rings (SSSR count). The summed E-state index contributed by atoms with van der Waals surface area (Å²) in [4.78, 5) is 2.56. The van der Waals surface area contributed by atoms with Crippen molar-refractivity contribution in [2.45, 2.75) is 44.8 Å². The molecule has 2 nitrogen and oxygen atoms in total. The van der Waals surface area contributed by atoms with E-state index >= 15 is 0 Å². The summed E-state index contributed by atoms with van der Waals surface area (Å²) in [7, 11) is 0. The van der Waals surface area contributed by atoms with E-state index in [2.05, 4.69) is 73.3 Å². The van der Waals surface area contributed by atoms with Crippen LogP contribution in [0.4, 0.5) is 0 Å². The first-order chi connectivity index (χ1) is 10.6. The molecule has 0 saturated heterocycles. The minimum atomic E-state index is -0.331. The van der Waals surface area contributed by atoms with Crippen LogP contribution in [0.5, 0.6) is 0 Å². The largest absolute Gasteiger partial charge is 0.320 e. The van der Waals surface area contributed by atoms with Gasteiger partial charge in [-0.2, -0.15) is 0 Å². The zero-order valence-corrected chi connectivity index (χ0v) is 13.6. The molecule has 2 aromatic carbocycles. The van der Waals surface area contributed by atoms with Crippen LogP contribution >= 0.6 is 0 Å². The quantitative estimate of drug-likeness (QED) is 0.931. The smallest absolute Gasteiger partial charge is 0.0538 e. The molecule has 1 aliphatic rings. The van der Waals surface area contributed by atoms with Gasteiger partial charge in [0, 0.05) is 19.1 Å². The van der Waals surface area contributed by atoms with E-state index in [9.17, 15) is 0 Å². The first-order valence-electron chi connectivity index (χ1n) is 8.28. The van der Waals surface area contributed by atoms with Gasteiger partial charge in [-0.05, 0) is 36.5 Å². The van der Waals surface area contributed by atoms with Gasteiger partial charge in [-0.3, -0.25) is 4.90 Å². The molecule has 1 heterocycles.